The Balaban J connectivity index is 1.56. The molecule has 0 bridgehead atoms. The second-order valence-corrected chi connectivity index (χ2v) is 13.1. The first-order chi connectivity index (χ1) is 18.6. The lowest BCUT2D eigenvalue weighted by molar-refractivity contribution is -0.432. The molecule has 212 valence electrons. The summed E-state index contributed by atoms with van der Waals surface area (Å²) in [7, 11) is -13.8. The number of hydrogen-bond acceptors (Lipinski definition) is 13. The lowest BCUT2D eigenvalue weighted by atomic mass is 10.1. The molecule has 0 aliphatic heterocycles. The van der Waals surface area contributed by atoms with Crippen molar-refractivity contribution < 1.29 is 54.2 Å². The Morgan fingerprint density at radius 1 is 0.700 bits per heavy atom. The van der Waals surface area contributed by atoms with Gasteiger partial charge in [0.1, 0.15) is 38.4 Å². The molecule has 0 unspecified atom stereocenters. The molecule has 5 rings (SSSR count). The number of hydrogen-bond donors (Lipinski definition) is 8. The van der Waals surface area contributed by atoms with E-state index in [0.717, 1.165) is 6.07 Å². The number of nitrogens with one attached hydrogen (secondary N) is 2. The van der Waals surface area contributed by atoms with Crippen molar-refractivity contribution in [3.05, 3.63) is 48.5 Å². The minimum Gasteiger partial charge on any atom is -0.338 e. The molecule has 0 atom stereocenters. The van der Waals surface area contributed by atoms with Crippen LogP contribution in [-0.2, 0) is 29.6 Å². The Bertz CT molecular complexity index is 1980. The van der Waals surface area contributed by atoms with Crippen LogP contribution in [0, 0.1) is 0 Å². The van der Waals surface area contributed by atoms with Gasteiger partial charge in [-0.25, -0.2) is 15.2 Å². The van der Waals surface area contributed by atoms with Gasteiger partial charge in [-0.15, -0.1) is 4.33 Å². The molecule has 0 saturated heterocycles. The summed E-state index contributed by atoms with van der Waals surface area (Å²) in [6.45, 7) is 0. The minimum absolute atomic E-state index is 0.0797. The van der Waals surface area contributed by atoms with E-state index in [4.69, 9.17) is 5.26 Å². The Morgan fingerprint density at radius 3 is 1.73 bits per heavy atom. The van der Waals surface area contributed by atoms with Gasteiger partial charge in [-0.2, -0.15) is 16.8 Å². The summed E-state index contributed by atoms with van der Waals surface area (Å²) < 4.78 is 99.2. The maximum Gasteiger partial charge on any atom is 0.296 e. The first-order valence-electron chi connectivity index (χ1n) is 10.4. The number of aromatic amines is 2. The first-order valence-corrected chi connectivity index (χ1v) is 15.6. The number of nitrogens with zero attached hydrogens (tertiary/aromatic N) is 2. The van der Waals surface area contributed by atoms with Gasteiger partial charge in [0.25, 0.3) is 20.2 Å². The fraction of sp³-hybridized carbons (Fsp3) is 0. The van der Waals surface area contributed by atoms with E-state index in [1.165, 1.54) is 12.1 Å². The van der Waals surface area contributed by atoms with Crippen molar-refractivity contribution in [2.75, 3.05) is 0 Å². The Kier molecular flexibility index (Phi) is 7.14. The van der Waals surface area contributed by atoms with Crippen molar-refractivity contribution in [2.45, 2.75) is 19.6 Å². The molecule has 0 fully saturated rings. The Labute approximate surface area is 229 Å². The van der Waals surface area contributed by atoms with Crippen molar-refractivity contribution in [3.63, 3.8) is 0 Å². The quantitative estimate of drug-likeness (QED) is 0.0513. The van der Waals surface area contributed by atoms with E-state index in [0.29, 0.717) is 35.1 Å². The molecule has 0 saturated carbocycles. The fourth-order valence-corrected chi connectivity index (χ4v) is 6.22. The zero-order chi connectivity index (χ0) is 29.0. The fourth-order valence-electron chi connectivity index (χ4n) is 3.80. The van der Waals surface area contributed by atoms with Gasteiger partial charge in [-0.1, -0.05) is 29.3 Å². The second kappa shape index (κ2) is 10.1. The van der Waals surface area contributed by atoms with Crippen LogP contribution in [0.3, 0.4) is 0 Å². The van der Waals surface area contributed by atoms with E-state index in [-0.39, 0.29) is 37.7 Å². The zero-order valence-electron chi connectivity index (χ0n) is 19.3. The summed E-state index contributed by atoms with van der Waals surface area (Å²) in [5.41, 5.74) is 1.17. The van der Waals surface area contributed by atoms with Gasteiger partial charge in [0.15, 0.2) is 0 Å². The van der Waals surface area contributed by atoms with Gasteiger partial charge in [-0.05, 0) is 24.3 Å². The lowest BCUT2D eigenvalue weighted by Crippen LogP contribution is -2.04. The van der Waals surface area contributed by atoms with Crippen molar-refractivity contribution in [2.24, 2.45) is 0 Å². The SMILES string of the molecule is O=S(=O)(O)c1cc(S(=O)(=O)O)c2nc(-c3ccc(-c4nc5c(SOOO)cc(S(O)(O)O)cc5[nH]4)cc3)[nH]c2c1. The molecule has 0 amide bonds. The maximum absolute atomic E-state index is 11.9. The van der Waals surface area contributed by atoms with E-state index in [1.807, 2.05) is 0 Å². The van der Waals surface area contributed by atoms with E-state index < -0.39 is 40.9 Å². The molecule has 0 aliphatic rings. The monoisotopic (exact) mass is 632 g/mol. The average molecular weight is 633 g/mol. The van der Waals surface area contributed by atoms with Crippen LogP contribution in [-0.4, -0.2) is 64.8 Å². The first kappa shape index (κ1) is 28.4. The largest absolute Gasteiger partial charge is 0.338 e. The minimum atomic E-state index is -4.91. The van der Waals surface area contributed by atoms with Gasteiger partial charge < -0.3 is 23.6 Å². The lowest BCUT2D eigenvalue weighted by Gasteiger charge is -2.19. The number of rotatable bonds is 8. The molecule has 16 nitrogen and oxygen atoms in total. The van der Waals surface area contributed by atoms with Gasteiger partial charge >= 0.3 is 0 Å². The molecule has 40 heavy (non-hydrogen) atoms. The summed E-state index contributed by atoms with van der Waals surface area (Å²) in [4.78, 5) is 12.7. The third-order valence-electron chi connectivity index (χ3n) is 5.53. The highest BCUT2D eigenvalue weighted by atomic mass is 32.3. The second-order valence-electron chi connectivity index (χ2n) is 8.08. The predicted octanol–water partition coefficient (Wildman–Crippen LogP) is 4.28. The van der Waals surface area contributed by atoms with E-state index in [1.54, 1.807) is 24.3 Å². The number of aromatic nitrogens is 4. The molecule has 3 aromatic carbocycles. The standard InChI is InChI=1S/C20H16N4O12S4/c25-35-36-37-15-7-11(38(26,27)28)5-13-17(15)23-19(21-13)9-1-3-10(4-2-9)20-22-14-6-12(39(29,30)31)8-16(18(14)24-20)40(32,33)34/h1-8,25-28H,(H,21,23)(H,22,24)(H,29,30,31)(H,32,33,34). The average Bonchev–Trinajstić information content (AvgIpc) is 3.49. The van der Waals surface area contributed by atoms with E-state index in [9.17, 15) is 39.6 Å². The topological polar surface area (TPSA) is 265 Å². The van der Waals surface area contributed by atoms with Crippen molar-refractivity contribution in [3.8, 4) is 22.8 Å². The summed E-state index contributed by atoms with van der Waals surface area (Å²) in [5, 5.41) is 12.1. The molecule has 0 radical (unpaired) electrons. The van der Waals surface area contributed by atoms with Crippen molar-refractivity contribution >= 4 is 65.2 Å². The summed E-state index contributed by atoms with van der Waals surface area (Å²) in [6.07, 6.45) is 0. The van der Waals surface area contributed by atoms with Crippen LogP contribution in [0.4, 0.5) is 0 Å². The number of H-pyrrole nitrogens is 2. The van der Waals surface area contributed by atoms with Crippen LogP contribution in [0.2, 0.25) is 0 Å². The van der Waals surface area contributed by atoms with E-state index >= 15 is 0 Å². The van der Waals surface area contributed by atoms with Crippen LogP contribution in [0.5, 0.6) is 0 Å². The third kappa shape index (κ3) is 5.56. The molecule has 2 heterocycles. The highest BCUT2D eigenvalue weighted by Crippen LogP contribution is 2.46. The number of benzene rings is 3. The molecule has 20 heteroatoms. The van der Waals surface area contributed by atoms with Crippen LogP contribution >= 0.6 is 22.9 Å². The number of fused-ring (bicyclic) bond motifs is 2. The molecule has 5 aromatic rings. The maximum atomic E-state index is 11.9. The third-order valence-corrected chi connectivity index (χ3v) is 8.71. The molecule has 0 aliphatic carbocycles. The van der Waals surface area contributed by atoms with Crippen LogP contribution in [0.15, 0.2) is 68.1 Å². The van der Waals surface area contributed by atoms with Gasteiger partial charge in [-0.3, -0.25) is 9.11 Å². The van der Waals surface area contributed by atoms with Crippen LogP contribution in [0.1, 0.15) is 0 Å². The Morgan fingerprint density at radius 2 is 1.23 bits per heavy atom. The summed E-state index contributed by atoms with van der Waals surface area (Å²) >= 11 is 0.495. The highest BCUT2D eigenvalue weighted by molar-refractivity contribution is 8.19. The number of imidazole rings is 2. The summed E-state index contributed by atoms with van der Waals surface area (Å²) in [5.74, 6) is 0.414. The predicted molar refractivity (Wildman–Crippen MR) is 141 cm³/mol. The van der Waals surface area contributed by atoms with Gasteiger partial charge in [0, 0.05) is 11.1 Å². The van der Waals surface area contributed by atoms with Gasteiger partial charge in [0.2, 0.25) is 0 Å². The smallest absolute Gasteiger partial charge is 0.296 e. The summed E-state index contributed by atoms with van der Waals surface area (Å²) in [6, 6.07) is 10.4. The van der Waals surface area contributed by atoms with Gasteiger partial charge in [0.05, 0.1) is 37.8 Å². The molecule has 2 aromatic heterocycles. The van der Waals surface area contributed by atoms with Crippen LogP contribution in [0.25, 0.3) is 44.8 Å². The molecular formula is C20H16N4O12S4. The molecule has 8 N–H and O–H groups in total. The Hall–Kier alpha value is -3.12. The molecule has 0 spiro atoms. The molecular weight excluding hydrogens is 617 g/mol. The van der Waals surface area contributed by atoms with Crippen molar-refractivity contribution in [1.82, 2.24) is 19.9 Å². The normalized spacial score (nSPS) is 13.3. The van der Waals surface area contributed by atoms with E-state index in [2.05, 4.69) is 29.3 Å². The van der Waals surface area contributed by atoms with Crippen LogP contribution < -0.4 is 0 Å². The van der Waals surface area contributed by atoms with Crippen molar-refractivity contribution in [1.29, 1.82) is 0 Å². The highest BCUT2D eigenvalue weighted by Gasteiger charge is 2.24. The zero-order valence-corrected chi connectivity index (χ0v) is 22.5.